The quantitative estimate of drug-likeness (QED) is 0.883. The Balaban J connectivity index is 2.29. The summed E-state index contributed by atoms with van der Waals surface area (Å²) in [7, 11) is 0. The summed E-state index contributed by atoms with van der Waals surface area (Å²) in [5.74, 6) is 0.909. The summed E-state index contributed by atoms with van der Waals surface area (Å²) in [5, 5.41) is 0. The second-order valence-corrected chi connectivity index (χ2v) is 7.23. The molecule has 0 aliphatic carbocycles. The standard InChI is InChI=1S/C15H18BrNOS/c1-9-5-4-6-12(10(9)2)18-15(11(3)17)13-7-8-14(16)19-13/h4-8,11,15H,17H2,1-3H3. The van der Waals surface area contributed by atoms with E-state index in [1.165, 1.54) is 11.1 Å². The van der Waals surface area contributed by atoms with Crippen LogP contribution in [0.3, 0.4) is 0 Å². The maximum atomic E-state index is 6.15. The van der Waals surface area contributed by atoms with E-state index in [9.17, 15) is 0 Å². The Labute approximate surface area is 126 Å². The van der Waals surface area contributed by atoms with Gasteiger partial charge in [0.2, 0.25) is 0 Å². The fourth-order valence-corrected chi connectivity index (χ4v) is 3.46. The van der Waals surface area contributed by atoms with Gasteiger partial charge >= 0.3 is 0 Å². The summed E-state index contributed by atoms with van der Waals surface area (Å²) in [6.07, 6.45) is -0.114. The lowest BCUT2D eigenvalue weighted by atomic mass is 10.1. The van der Waals surface area contributed by atoms with Gasteiger partial charge in [-0.3, -0.25) is 0 Å². The zero-order valence-electron chi connectivity index (χ0n) is 11.3. The van der Waals surface area contributed by atoms with Gasteiger partial charge in [-0.1, -0.05) is 12.1 Å². The van der Waals surface area contributed by atoms with Gasteiger partial charge in [0.05, 0.1) is 3.79 Å². The van der Waals surface area contributed by atoms with Crippen LogP contribution in [0.15, 0.2) is 34.1 Å². The number of nitrogens with two attached hydrogens (primary N) is 1. The number of halogens is 1. The predicted molar refractivity (Wildman–Crippen MR) is 85.0 cm³/mol. The van der Waals surface area contributed by atoms with Crippen LogP contribution in [-0.4, -0.2) is 6.04 Å². The van der Waals surface area contributed by atoms with Gasteiger partial charge in [0.1, 0.15) is 11.9 Å². The van der Waals surface area contributed by atoms with Crippen molar-refractivity contribution in [3.05, 3.63) is 50.1 Å². The van der Waals surface area contributed by atoms with Crippen molar-refractivity contribution in [3.63, 3.8) is 0 Å². The Kier molecular flexibility index (Phi) is 4.66. The SMILES string of the molecule is Cc1cccc(OC(c2ccc(Br)s2)C(C)N)c1C. The Bertz CT molecular complexity index is 565. The van der Waals surface area contributed by atoms with Gasteiger partial charge in [-0.05, 0) is 66.0 Å². The first kappa shape index (κ1) is 14.6. The predicted octanol–water partition coefficient (Wildman–Crippen LogP) is 4.59. The molecule has 0 aliphatic rings. The molecule has 0 bridgehead atoms. The summed E-state index contributed by atoms with van der Waals surface area (Å²) in [6.45, 7) is 6.14. The van der Waals surface area contributed by atoms with E-state index in [0.717, 1.165) is 14.4 Å². The third-order valence-corrected chi connectivity index (χ3v) is 4.85. The first-order chi connectivity index (χ1) is 8.99. The monoisotopic (exact) mass is 339 g/mol. The minimum absolute atomic E-state index is 0.0644. The second-order valence-electron chi connectivity index (χ2n) is 4.74. The van der Waals surface area contributed by atoms with Crippen molar-refractivity contribution < 1.29 is 4.74 Å². The van der Waals surface area contributed by atoms with Crippen molar-refractivity contribution in [2.75, 3.05) is 0 Å². The van der Waals surface area contributed by atoms with Gasteiger partial charge in [-0.25, -0.2) is 0 Å². The number of aryl methyl sites for hydroxylation is 1. The van der Waals surface area contributed by atoms with E-state index in [4.69, 9.17) is 10.5 Å². The fraction of sp³-hybridized carbons (Fsp3) is 0.333. The first-order valence-corrected chi connectivity index (χ1v) is 7.83. The van der Waals surface area contributed by atoms with Crippen LogP contribution < -0.4 is 10.5 Å². The van der Waals surface area contributed by atoms with E-state index in [0.29, 0.717) is 0 Å². The van der Waals surface area contributed by atoms with E-state index >= 15 is 0 Å². The maximum Gasteiger partial charge on any atom is 0.148 e. The molecule has 0 radical (unpaired) electrons. The van der Waals surface area contributed by atoms with Crippen LogP contribution in [-0.2, 0) is 0 Å². The Hall–Kier alpha value is -0.840. The highest BCUT2D eigenvalue weighted by atomic mass is 79.9. The summed E-state index contributed by atoms with van der Waals surface area (Å²) in [6, 6.07) is 10.1. The van der Waals surface area contributed by atoms with Crippen molar-refractivity contribution in [2.24, 2.45) is 5.73 Å². The van der Waals surface area contributed by atoms with Gasteiger partial charge in [0, 0.05) is 10.9 Å². The van der Waals surface area contributed by atoms with Crippen LogP contribution in [0.5, 0.6) is 5.75 Å². The van der Waals surface area contributed by atoms with E-state index in [1.54, 1.807) is 11.3 Å². The summed E-state index contributed by atoms with van der Waals surface area (Å²) < 4.78 is 7.25. The Morgan fingerprint density at radius 1 is 1.21 bits per heavy atom. The zero-order valence-corrected chi connectivity index (χ0v) is 13.7. The summed E-state index contributed by atoms with van der Waals surface area (Å²) >= 11 is 5.15. The summed E-state index contributed by atoms with van der Waals surface area (Å²) in [4.78, 5) is 1.14. The van der Waals surface area contributed by atoms with Crippen molar-refractivity contribution >= 4 is 27.3 Å². The van der Waals surface area contributed by atoms with Crippen LogP contribution in [0, 0.1) is 13.8 Å². The van der Waals surface area contributed by atoms with Crippen molar-refractivity contribution in [1.82, 2.24) is 0 Å². The van der Waals surface area contributed by atoms with Crippen LogP contribution in [0.2, 0.25) is 0 Å². The number of hydrogen-bond acceptors (Lipinski definition) is 3. The largest absolute Gasteiger partial charge is 0.483 e. The lowest BCUT2D eigenvalue weighted by molar-refractivity contribution is 0.183. The molecule has 2 rings (SSSR count). The molecule has 0 spiro atoms. The number of ether oxygens (including phenoxy) is 1. The van der Waals surface area contributed by atoms with Crippen LogP contribution in [0.25, 0.3) is 0 Å². The molecule has 0 fully saturated rings. The first-order valence-electron chi connectivity index (χ1n) is 6.22. The van der Waals surface area contributed by atoms with E-state index in [2.05, 4.69) is 41.9 Å². The molecule has 1 heterocycles. The van der Waals surface area contributed by atoms with Crippen molar-refractivity contribution in [3.8, 4) is 5.75 Å². The molecule has 2 atom stereocenters. The second kappa shape index (κ2) is 6.07. The molecule has 1 aromatic carbocycles. The topological polar surface area (TPSA) is 35.2 Å². The Morgan fingerprint density at radius 2 is 1.95 bits per heavy atom. The van der Waals surface area contributed by atoms with E-state index < -0.39 is 0 Å². The highest BCUT2D eigenvalue weighted by molar-refractivity contribution is 9.11. The lowest BCUT2D eigenvalue weighted by Gasteiger charge is -2.23. The number of thiophene rings is 1. The number of hydrogen-bond donors (Lipinski definition) is 1. The molecule has 1 aromatic heterocycles. The van der Waals surface area contributed by atoms with Gasteiger partial charge in [0.25, 0.3) is 0 Å². The third-order valence-electron chi connectivity index (χ3n) is 3.16. The highest BCUT2D eigenvalue weighted by Crippen LogP contribution is 2.33. The average Bonchev–Trinajstić information content (AvgIpc) is 2.77. The van der Waals surface area contributed by atoms with Crippen molar-refractivity contribution in [1.29, 1.82) is 0 Å². The summed E-state index contributed by atoms with van der Waals surface area (Å²) in [5.41, 5.74) is 8.48. The average molecular weight is 340 g/mol. The minimum atomic E-state index is -0.114. The molecule has 2 unspecified atom stereocenters. The molecule has 4 heteroatoms. The molecule has 19 heavy (non-hydrogen) atoms. The van der Waals surface area contributed by atoms with Gasteiger partial charge < -0.3 is 10.5 Å². The minimum Gasteiger partial charge on any atom is -0.483 e. The maximum absolute atomic E-state index is 6.15. The van der Waals surface area contributed by atoms with Gasteiger partial charge in [-0.2, -0.15) is 0 Å². The fourth-order valence-electron chi connectivity index (χ4n) is 1.89. The molecule has 2 nitrogen and oxygen atoms in total. The molecule has 0 amide bonds. The van der Waals surface area contributed by atoms with E-state index in [1.807, 2.05) is 25.1 Å². The third kappa shape index (κ3) is 3.38. The number of benzene rings is 1. The van der Waals surface area contributed by atoms with Crippen LogP contribution >= 0.6 is 27.3 Å². The Morgan fingerprint density at radius 3 is 2.53 bits per heavy atom. The molecule has 0 saturated heterocycles. The number of rotatable bonds is 4. The van der Waals surface area contributed by atoms with Crippen LogP contribution in [0.1, 0.15) is 29.0 Å². The molecule has 102 valence electrons. The zero-order chi connectivity index (χ0) is 14.0. The van der Waals surface area contributed by atoms with Gasteiger partial charge in [-0.15, -0.1) is 11.3 Å². The molecule has 0 aliphatic heterocycles. The van der Waals surface area contributed by atoms with Crippen molar-refractivity contribution in [2.45, 2.75) is 32.9 Å². The lowest BCUT2D eigenvalue weighted by Crippen LogP contribution is -2.28. The molecular weight excluding hydrogens is 322 g/mol. The normalized spacial score (nSPS) is 14.2. The molecule has 2 aromatic rings. The van der Waals surface area contributed by atoms with Crippen LogP contribution in [0.4, 0.5) is 0 Å². The highest BCUT2D eigenvalue weighted by Gasteiger charge is 2.21. The molecule has 0 saturated carbocycles. The molecule has 2 N–H and O–H groups in total. The van der Waals surface area contributed by atoms with Gasteiger partial charge in [0.15, 0.2) is 0 Å². The van der Waals surface area contributed by atoms with E-state index in [-0.39, 0.29) is 12.1 Å². The smallest absolute Gasteiger partial charge is 0.148 e. The molecular formula is C15H18BrNOS.